The molecule has 3 rings (SSSR count). The Balaban J connectivity index is 2.02. The number of carboxylic acids is 1. The largest absolute Gasteiger partial charge is 0.493 e. The topological polar surface area (TPSA) is 134 Å². The molecule has 2 aromatic carbocycles. The maximum absolute atomic E-state index is 11.9. The number of aromatic nitrogens is 2. The van der Waals surface area contributed by atoms with E-state index < -0.39 is 23.1 Å². The zero-order valence-electron chi connectivity index (χ0n) is 14.5. The number of methoxy groups -OCH3 is 2. The standard InChI is InChI=1S/C18H17N3O6/c1-26-13-6-3-9(7-14(13)27-2)15(18(24)25)19-10-4-5-11-12(8-10)17(23)21-20-16(11)22/h3-8,15,19H,1-2H3,(H,20,22)(H,21,23)(H,24,25). The average molecular weight is 371 g/mol. The van der Waals surface area contributed by atoms with E-state index in [4.69, 9.17) is 9.47 Å². The molecule has 0 aliphatic rings. The Kier molecular flexibility index (Phi) is 4.84. The smallest absolute Gasteiger partial charge is 0.330 e. The zero-order valence-corrected chi connectivity index (χ0v) is 14.5. The van der Waals surface area contributed by atoms with Crippen molar-refractivity contribution in [1.82, 2.24) is 10.2 Å². The van der Waals surface area contributed by atoms with Gasteiger partial charge in [0.1, 0.15) is 0 Å². The fraction of sp³-hybridized carbons (Fsp3) is 0.167. The van der Waals surface area contributed by atoms with Gasteiger partial charge in [-0.1, -0.05) is 6.07 Å². The normalized spacial score (nSPS) is 11.8. The zero-order chi connectivity index (χ0) is 19.6. The molecule has 0 bridgehead atoms. The fourth-order valence-corrected chi connectivity index (χ4v) is 2.75. The minimum Gasteiger partial charge on any atom is -0.493 e. The van der Waals surface area contributed by atoms with Crippen LogP contribution in [0, 0.1) is 0 Å². The maximum Gasteiger partial charge on any atom is 0.330 e. The highest BCUT2D eigenvalue weighted by molar-refractivity contribution is 5.86. The van der Waals surface area contributed by atoms with Gasteiger partial charge in [-0.25, -0.2) is 4.79 Å². The number of aromatic amines is 2. The molecule has 0 spiro atoms. The summed E-state index contributed by atoms with van der Waals surface area (Å²) in [4.78, 5) is 35.5. The number of anilines is 1. The van der Waals surface area contributed by atoms with Gasteiger partial charge in [-0.2, -0.15) is 0 Å². The van der Waals surface area contributed by atoms with E-state index in [1.54, 1.807) is 18.2 Å². The van der Waals surface area contributed by atoms with Crippen LogP contribution in [-0.4, -0.2) is 35.5 Å². The van der Waals surface area contributed by atoms with Gasteiger partial charge in [0.15, 0.2) is 17.5 Å². The molecule has 4 N–H and O–H groups in total. The summed E-state index contributed by atoms with van der Waals surface area (Å²) in [6.45, 7) is 0. The molecular weight excluding hydrogens is 354 g/mol. The Morgan fingerprint density at radius 3 is 2.26 bits per heavy atom. The number of rotatable bonds is 6. The molecule has 0 amide bonds. The number of nitrogens with one attached hydrogen (secondary N) is 3. The van der Waals surface area contributed by atoms with Gasteiger partial charge in [0.05, 0.1) is 25.0 Å². The molecule has 140 valence electrons. The van der Waals surface area contributed by atoms with E-state index in [9.17, 15) is 19.5 Å². The molecule has 3 aromatic rings. The van der Waals surface area contributed by atoms with Gasteiger partial charge in [0.2, 0.25) is 0 Å². The van der Waals surface area contributed by atoms with Gasteiger partial charge < -0.3 is 19.9 Å². The molecule has 0 radical (unpaired) electrons. The van der Waals surface area contributed by atoms with Crippen molar-refractivity contribution >= 4 is 22.4 Å². The summed E-state index contributed by atoms with van der Waals surface area (Å²) < 4.78 is 10.4. The van der Waals surface area contributed by atoms with E-state index in [0.717, 1.165) is 0 Å². The second-order valence-corrected chi connectivity index (χ2v) is 5.70. The van der Waals surface area contributed by atoms with E-state index in [1.165, 1.54) is 32.4 Å². The third kappa shape index (κ3) is 3.47. The minimum absolute atomic E-state index is 0.153. The van der Waals surface area contributed by atoms with E-state index in [0.29, 0.717) is 22.7 Å². The van der Waals surface area contributed by atoms with Crippen LogP contribution in [0.1, 0.15) is 11.6 Å². The monoisotopic (exact) mass is 371 g/mol. The number of hydrogen-bond acceptors (Lipinski definition) is 6. The van der Waals surface area contributed by atoms with Crippen LogP contribution >= 0.6 is 0 Å². The summed E-state index contributed by atoms with van der Waals surface area (Å²) in [7, 11) is 2.94. The first-order valence-electron chi connectivity index (χ1n) is 7.90. The number of hydrogen-bond donors (Lipinski definition) is 4. The Bertz CT molecular complexity index is 1120. The van der Waals surface area contributed by atoms with Crippen LogP contribution in [0.4, 0.5) is 5.69 Å². The molecule has 0 aliphatic heterocycles. The van der Waals surface area contributed by atoms with Gasteiger partial charge in [0.25, 0.3) is 11.1 Å². The lowest BCUT2D eigenvalue weighted by Crippen LogP contribution is -2.22. The molecule has 0 saturated carbocycles. The molecule has 27 heavy (non-hydrogen) atoms. The third-order valence-corrected chi connectivity index (χ3v) is 4.10. The average Bonchev–Trinajstić information content (AvgIpc) is 2.68. The van der Waals surface area contributed by atoms with Crippen molar-refractivity contribution in [2.24, 2.45) is 0 Å². The van der Waals surface area contributed by atoms with Crippen LogP contribution in [0.2, 0.25) is 0 Å². The summed E-state index contributed by atoms with van der Waals surface area (Å²) in [6.07, 6.45) is 0. The van der Waals surface area contributed by atoms with Crippen LogP contribution in [0.15, 0.2) is 46.0 Å². The van der Waals surface area contributed by atoms with Crippen LogP contribution < -0.4 is 25.9 Å². The van der Waals surface area contributed by atoms with E-state index in [1.807, 2.05) is 0 Å². The number of aliphatic carboxylic acids is 1. The van der Waals surface area contributed by atoms with E-state index in [2.05, 4.69) is 15.5 Å². The van der Waals surface area contributed by atoms with Crippen molar-refractivity contribution in [1.29, 1.82) is 0 Å². The van der Waals surface area contributed by atoms with Gasteiger partial charge in [-0.15, -0.1) is 0 Å². The second-order valence-electron chi connectivity index (χ2n) is 5.70. The number of carboxylic acid groups (broad SMARTS) is 1. The van der Waals surface area contributed by atoms with Crippen molar-refractivity contribution in [2.75, 3.05) is 19.5 Å². The summed E-state index contributed by atoms with van der Waals surface area (Å²) in [5, 5.41) is 17.3. The molecule has 1 unspecified atom stereocenters. The second kappa shape index (κ2) is 7.24. The molecule has 0 saturated heterocycles. The molecule has 1 aromatic heterocycles. The molecule has 9 nitrogen and oxygen atoms in total. The highest BCUT2D eigenvalue weighted by Gasteiger charge is 2.22. The van der Waals surface area contributed by atoms with Gasteiger partial charge in [0, 0.05) is 5.69 Å². The Morgan fingerprint density at radius 1 is 0.963 bits per heavy atom. The first-order chi connectivity index (χ1) is 12.9. The number of benzene rings is 2. The van der Waals surface area contributed by atoms with Gasteiger partial charge in [-0.05, 0) is 35.9 Å². The van der Waals surface area contributed by atoms with Crippen molar-refractivity contribution in [3.8, 4) is 11.5 Å². The number of carbonyl (C=O) groups is 1. The molecule has 9 heteroatoms. The van der Waals surface area contributed by atoms with Gasteiger partial charge in [-0.3, -0.25) is 19.8 Å². The summed E-state index contributed by atoms with van der Waals surface area (Å²) in [6, 6.07) is 8.08. The lowest BCUT2D eigenvalue weighted by molar-refractivity contribution is -0.138. The molecule has 0 aliphatic carbocycles. The predicted octanol–water partition coefficient (Wildman–Crippen LogP) is 1.47. The molecule has 1 heterocycles. The Labute approximate surface area is 152 Å². The summed E-state index contributed by atoms with van der Waals surface area (Å²) in [5.74, 6) is -0.256. The molecular formula is C18H17N3O6. The van der Waals surface area contributed by atoms with E-state index in [-0.39, 0.29) is 10.8 Å². The maximum atomic E-state index is 11.9. The number of ether oxygens (including phenoxy) is 2. The minimum atomic E-state index is -1.12. The van der Waals surface area contributed by atoms with Crippen LogP contribution in [-0.2, 0) is 4.79 Å². The van der Waals surface area contributed by atoms with E-state index >= 15 is 0 Å². The Hall–Kier alpha value is -3.75. The van der Waals surface area contributed by atoms with Crippen LogP contribution in [0.3, 0.4) is 0 Å². The number of H-pyrrole nitrogens is 2. The first-order valence-corrected chi connectivity index (χ1v) is 7.90. The molecule has 1 atom stereocenters. The molecule has 0 fully saturated rings. The summed E-state index contributed by atoms with van der Waals surface area (Å²) >= 11 is 0. The van der Waals surface area contributed by atoms with Crippen molar-refractivity contribution in [3.05, 3.63) is 62.7 Å². The van der Waals surface area contributed by atoms with Crippen molar-refractivity contribution in [2.45, 2.75) is 6.04 Å². The summed E-state index contributed by atoms with van der Waals surface area (Å²) in [5.41, 5.74) is -0.113. The Morgan fingerprint density at radius 2 is 1.63 bits per heavy atom. The van der Waals surface area contributed by atoms with Gasteiger partial charge >= 0.3 is 5.97 Å². The van der Waals surface area contributed by atoms with Crippen molar-refractivity contribution < 1.29 is 19.4 Å². The highest BCUT2D eigenvalue weighted by atomic mass is 16.5. The predicted molar refractivity (Wildman–Crippen MR) is 98.7 cm³/mol. The fourth-order valence-electron chi connectivity index (χ4n) is 2.75. The third-order valence-electron chi connectivity index (χ3n) is 4.10. The first kappa shape index (κ1) is 18.1. The number of fused-ring (bicyclic) bond motifs is 1. The van der Waals surface area contributed by atoms with Crippen LogP contribution in [0.5, 0.6) is 11.5 Å². The quantitative estimate of drug-likeness (QED) is 0.515. The lowest BCUT2D eigenvalue weighted by atomic mass is 10.1. The lowest BCUT2D eigenvalue weighted by Gasteiger charge is -2.18. The van der Waals surface area contributed by atoms with Crippen molar-refractivity contribution in [3.63, 3.8) is 0 Å². The highest BCUT2D eigenvalue weighted by Crippen LogP contribution is 2.31. The SMILES string of the molecule is COc1ccc(C(Nc2ccc3c(=O)[nH][nH]c(=O)c3c2)C(=O)O)cc1OC. The van der Waals surface area contributed by atoms with Crippen LogP contribution in [0.25, 0.3) is 10.8 Å².